The zero-order valence-corrected chi connectivity index (χ0v) is 10.8. The zero-order chi connectivity index (χ0) is 12.4. The van der Waals surface area contributed by atoms with Gasteiger partial charge in [0, 0.05) is 17.5 Å². The van der Waals surface area contributed by atoms with E-state index in [1.165, 1.54) is 22.3 Å². The van der Waals surface area contributed by atoms with Crippen LogP contribution in [0.15, 0.2) is 18.2 Å². The minimum absolute atomic E-state index is 0.00410. The molecule has 0 aliphatic carbocycles. The van der Waals surface area contributed by atoms with Crippen LogP contribution in [0.2, 0.25) is 0 Å². The molecule has 0 radical (unpaired) electrons. The molecule has 0 amide bonds. The lowest BCUT2D eigenvalue weighted by molar-refractivity contribution is 0.409. The summed E-state index contributed by atoms with van der Waals surface area (Å²) in [6, 6.07) is 5.92. The molecule has 2 rings (SSSR count). The van der Waals surface area contributed by atoms with Gasteiger partial charge in [0.15, 0.2) is 11.5 Å². The van der Waals surface area contributed by atoms with Crippen LogP contribution in [0.1, 0.15) is 18.7 Å². The topological polar surface area (TPSA) is 52.5 Å². The van der Waals surface area contributed by atoms with Crippen molar-refractivity contribution in [3.63, 3.8) is 0 Å². The van der Waals surface area contributed by atoms with Gasteiger partial charge < -0.3 is 15.5 Å². The third-order valence-electron chi connectivity index (χ3n) is 2.61. The van der Waals surface area contributed by atoms with Crippen LogP contribution in [-0.4, -0.2) is 22.8 Å². The van der Waals surface area contributed by atoms with Gasteiger partial charge in [0.25, 0.3) is 0 Å². The summed E-state index contributed by atoms with van der Waals surface area (Å²) in [4.78, 5) is 1.22. The van der Waals surface area contributed by atoms with Gasteiger partial charge in [-0.2, -0.15) is 0 Å². The average Bonchev–Trinajstić information content (AvgIpc) is 2.67. The molecule has 4 heteroatoms. The van der Waals surface area contributed by atoms with Crippen molar-refractivity contribution in [1.29, 1.82) is 0 Å². The minimum Gasteiger partial charge on any atom is -0.504 e. The van der Waals surface area contributed by atoms with Crippen molar-refractivity contribution in [2.75, 3.05) is 6.54 Å². The number of hydrogen-bond acceptors (Lipinski definition) is 4. The summed E-state index contributed by atoms with van der Waals surface area (Å²) < 4.78 is 0.768. The maximum atomic E-state index is 9.73. The third kappa shape index (κ3) is 2.70. The lowest BCUT2D eigenvalue weighted by atomic mass is 10.2. The highest BCUT2D eigenvalue weighted by Crippen LogP contribution is 2.38. The first-order valence-corrected chi connectivity index (χ1v) is 6.56. The monoisotopic (exact) mass is 251 g/mol. The maximum Gasteiger partial charge on any atom is 0.175 e. The van der Waals surface area contributed by atoms with Crippen LogP contribution >= 0.6 is 11.3 Å². The van der Waals surface area contributed by atoms with Gasteiger partial charge in [-0.25, -0.2) is 0 Å². The highest BCUT2D eigenvalue weighted by molar-refractivity contribution is 7.19. The Morgan fingerprint density at radius 1 is 1.29 bits per heavy atom. The molecule has 0 aliphatic rings. The predicted molar refractivity (Wildman–Crippen MR) is 72.0 cm³/mol. The van der Waals surface area contributed by atoms with Gasteiger partial charge in [0.05, 0.1) is 4.70 Å². The Bertz CT molecular complexity index is 519. The summed E-state index contributed by atoms with van der Waals surface area (Å²) in [5.41, 5.74) is 0. The number of nitrogens with one attached hydrogen (secondary N) is 1. The van der Waals surface area contributed by atoms with E-state index < -0.39 is 0 Å². The lowest BCUT2D eigenvalue weighted by Crippen LogP contribution is -2.24. The molecule has 0 saturated heterocycles. The summed E-state index contributed by atoms with van der Waals surface area (Å²) in [6.07, 6.45) is 0.942. The van der Waals surface area contributed by atoms with E-state index in [0.29, 0.717) is 6.04 Å². The number of phenols is 2. The number of phenolic OH excluding ortho intramolecular Hbond substituents is 2. The van der Waals surface area contributed by atoms with Gasteiger partial charge >= 0.3 is 0 Å². The lowest BCUT2D eigenvalue weighted by Gasteiger charge is -2.05. The van der Waals surface area contributed by atoms with E-state index in [9.17, 15) is 10.2 Å². The van der Waals surface area contributed by atoms with Crippen LogP contribution in [0.25, 0.3) is 10.1 Å². The molecule has 0 aliphatic heterocycles. The standard InChI is InChI=1S/C13H17NO2S/c1-8(2)14-6-5-10-7-9-3-4-11(15)12(16)13(9)17-10/h3-4,7-8,14-16H,5-6H2,1-2H3. The Hall–Kier alpha value is -1.26. The fraction of sp³-hybridized carbons (Fsp3) is 0.385. The quantitative estimate of drug-likeness (QED) is 0.732. The van der Waals surface area contributed by atoms with Gasteiger partial charge in [-0.05, 0) is 30.0 Å². The SMILES string of the molecule is CC(C)NCCc1cc2ccc(O)c(O)c2s1. The highest BCUT2D eigenvalue weighted by Gasteiger charge is 2.09. The van der Waals surface area contributed by atoms with Crippen LogP contribution in [0.4, 0.5) is 0 Å². The average molecular weight is 251 g/mol. The number of hydrogen-bond donors (Lipinski definition) is 3. The molecule has 0 unspecified atom stereocenters. The van der Waals surface area contributed by atoms with Crippen LogP contribution in [0, 0.1) is 0 Å². The fourth-order valence-corrected chi connectivity index (χ4v) is 2.84. The molecule has 3 N–H and O–H groups in total. The van der Waals surface area contributed by atoms with Crippen molar-refractivity contribution in [3.05, 3.63) is 23.1 Å². The first kappa shape index (κ1) is 12.2. The Morgan fingerprint density at radius 2 is 2.06 bits per heavy atom. The van der Waals surface area contributed by atoms with Gasteiger partial charge in [-0.15, -0.1) is 11.3 Å². The summed E-state index contributed by atoms with van der Waals surface area (Å²) in [6.45, 7) is 5.17. The molecule has 0 atom stereocenters. The molecule has 92 valence electrons. The van der Waals surface area contributed by atoms with E-state index in [1.54, 1.807) is 0 Å². The smallest absolute Gasteiger partial charge is 0.175 e. The van der Waals surface area contributed by atoms with Crippen molar-refractivity contribution in [3.8, 4) is 11.5 Å². The van der Waals surface area contributed by atoms with Crippen molar-refractivity contribution in [2.24, 2.45) is 0 Å². The Balaban J connectivity index is 2.17. The molecule has 3 nitrogen and oxygen atoms in total. The van der Waals surface area contributed by atoms with Crippen LogP contribution in [0.3, 0.4) is 0 Å². The number of benzene rings is 1. The molecule has 1 aromatic heterocycles. The number of thiophene rings is 1. The zero-order valence-electron chi connectivity index (χ0n) is 10.0. The highest BCUT2D eigenvalue weighted by atomic mass is 32.1. The normalized spacial score (nSPS) is 11.5. The number of fused-ring (bicyclic) bond motifs is 1. The predicted octanol–water partition coefficient (Wildman–Crippen LogP) is 2.85. The Morgan fingerprint density at radius 3 is 2.76 bits per heavy atom. The molecule has 1 aromatic carbocycles. The van der Waals surface area contributed by atoms with Crippen LogP contribution < -0.4 is 5.32 Å². The van der Waals surface area contributed by atoms with Gasteiger partial charge in [-0.3, -0.25) is 0 Å². The van der Waals surface area contributed by atoms with Crippen molar-refractivity contribution in [2.45, 2.75) is 26.3 Å². The largest absolute Gasteiger partial charge is 0.504 e. The third-order valence-corrected chi connectivity index (χ3v) is 3.83. The fourth-order valence-electron chi connectivity index (χ4n) is 1.74. The van der Waals surface area contributed by atoms with Gasteiger partial charge in [0.2, 0.25) is 0 Å². The van der Waals surface area contributed by atoms with Crippen molar-refractivity contribution in [1.82, 2.24) is 5.32 Å². The molecule has 0 spiro atoms. The first-order chi connectivity index (χ1) is 8.08. The molecule has 0 saturated carbocycles. The second-order valence-corrected chi connectivity index (χ2v) is 5.56. The molecule has 0 bridgehead atoms. The van der Waals surface area contributed by atoms with Crippen molar-refractivity contribution >= 4 is 21.4 Å². The molecule has 2 aromatic rings. The maximum absolute atomic E-state index is 9.73. The molecular weight excluding hydrogens is 234 g/mol. The van der Waals surface area contributed by atoms with E-state index in [1.807, 2.05) is 6.07 Å². The first-order valence-electron chi connectivity index (χ1n) is 5.74. The number of aromatic hydroxyl groups is 2. The molecule has 17 heavy (non-hydrogen) atoms. The van der Waals surface area contributed by atoms with E-state index in [0.717, 1.165) is 23.1 Å². The van der Waals surface area contributed by atoms with Crippen LogP contribution in [-0.2, 0) is 6.42 Å². The van der Waals surface area contributed by atoms with E-state index >= 15 is 0 Å². The van der Waals surface area contributed by atoms with E-state index in [4.69, 9.17) is 0 Å². The summed E-state index contributed by atoms with van der Waals surface area (Å²) in [7, 11) is 0. The summed E-state index contributed by atoms with van der Waals surface area (Å²) in [5, 5.41) is 23.5. The van der Waals surface area contributed by atoms with E-state index in [2.05, 4.69) is 25.2 Å². The summed E-state index contributed by atoms with van der Waals surface area (Å²) in [5.74, 6) is -0.0539. The second kappa shape index (κ2) is 4.94. The molecule has 0 fully saturated rings. The Kier molecular flexibility index (Phi) is 3.54. The van der Waals surface area contributed by atoms with E-state index in [-0.39, 0.29) is 11.5 Å². The summed E-state index contributed by atoms with van der Waals surface area (Å²) >= 11 is 1.54. The van der Waals surface area contributed by atoms with Crippen LogP contribution in [0.5, 0.6) is 11.5 Å². The van der Waals surface area contributed by atoms with Crippen molar-refractivity contribution < 1.29 is 10.2 Å². The van der Waals surface area contributed by atoms with Gasteiger partial charge in [0.1, 0.15) is 0 Å². The molecular formula is C13H17NO2S. The molecule has 1 heterocycles. The Labute approximate surface area is 105 Å². The number of rotatable bonds is 4. The second-order valence-electron chi connectivity index (χ2n) is 4.42. The minimum atomic E-state index is -0.0498. The van der Waals surface area contributed by atoms with Gasteiger partial charge in [-0.1, -0.05) is 13.8 Å².